The first-order valence-corrected chi connectivity index (χ1v) is 8.43. The molecule has 4 heterocycles. The van der Waals surface area contributed by atoms with Gasteiger partial charge in [-0.05, 0) is 30.7 Å². The SMILES string of the molecule is O=C(c1ccc2ncccc2c1)N1CCc2c(nc3cc[nH]n3c2=O)C1. The second-order valence-corrected chi connectivity index (χ2v) is 6.39. The highest BCUT2D eigenvalue weighted by atomic mass is 16.2. The molecule has 1 N–H and O–H groups in total. The Balaban J connectivity index is 1.50. The quantitative estimate of drug-likeness (QED) is 0.570. The van der Waals surface area contributed by atoms with E-state index in [4.69, 9.17) is 0 Å². The summed E-state index contributed by atoms with van der Waals surface area (Å²) in [6.45, 7) is 0.844. The molecule has 0 bridgehead atoms. The highest BCUT2D eigenvalue weighted by Crippen LogP contribution is 2.19. The van der Waals surface area contributed by atoms with Crippen molar-refractivity contribution >= 4 is 22.5 Å². The van der Waals surface area contributed by atoms with Gasteiger partial charge in [-0.2, -0.15) is 0 Å². The summed E-state index contributed by atoms with van der Waals surface area (Å²) < 4.78 is 1.44. The number of nitrogens with zero attached hydrogens (tertiary/aromatic N) is 4. The van der Waals surface area contributed by atoms with Gasteiger partial charge in [-0.1, -0.05) is 6.07 Å². The van der Waals surface area contributed by atoms with Gasteiger partial charge in [0.15, 0.2) is 5.65 Å². The van der Waals surface area contributed by atoms with Crippen LogP contribution in [0.15, 0.2) is 53.6 Å². The number of benzene rings is 1. The molecule has 0 saturated carbocycles. The van der Waals surface area contributed by atoms with Gasteiger partial charge < -0.3 is 4.90 Å². The van der Waals surface area contributed by atoms with Crippen LogP contribution in [0, 0.1) is 0 Å². The lowest BCUT2D eigenvalue weighted by atomic mass is 10.0. The van der Waals surface area contributed by atoms with Crippen LogP contribution in [0.1, 0.15) is 21.6 Å². The first kappa shape index (κ1) is 14.8. The zero-order valence-corrected chi connectivity index (χ0v) is 13.8. The van der Waals surface area contributed by atoms with Crippen molar-refractivity contribution in [2.24, 2.45) is 0 Å². The average Bonchev–Trinajstić information content (AvgIpc) is 3.15. The van der Waals surface area contributed by atoms with Crippen LogP contribution < -0.4 is 5.56 Å². The van der Waals surface area contributed by atoms with E-state index >= 15 is 0 Å². The van der Waals surface area contributed by atoms with Gasteiger partial charge in [0.1, 0.15) is 0 Å². The van der Waals surface area contributed by atoms with E-state index in [9.17, 15) is 9.59 Å². The molecule has 0 fully saturated rings. The average molecular weight is 345 g/mol. The Morgan fingerprint density at radius 1 is 1.19 bits per heavy atom. The highest BCUT2D eigenvalue weighted by molar-refractivity contribution is 5.98. The third-order valence-electron chi connectivity index (χ3n) is 4.83. The van der Waals surface area contributed by atoms with Crippen LogP contribution in [0.5, 0.6) is 0 Å². The van der Waals surface area contributed by atoms with E-state index in [1.807, 2.05) is 24.3 Å². The van der Waals surface area contributed by atoms with E-state index in [1.54, 1.807) is 29.4 Å². The minimum atomic E-state index is -0.0844. The van der Waals surface area contributed by atoms with Crippen LogP contribution in [-0.4, -0.2) is 36.9 Å². The van der Waals surface area contributed by atoms with E-state index in [2.05, 4.69) is 15.1 Å². The molecule has 5 rings (SSSR count). The molecule has 26 heavy (non-hydrogen) atoms. The number of hydrogen-bond acceptors (Lipinski definition) is 4. The molecule has 3 aromatic heterocycles. The van der Waals surface area contributed by atoms with Crippen LogP contribution in [0.2, 0.25) is 0 Å². The number of aromatic nitrogens is 4. The smallest absolute Gasteiger partial charge is 0.276 e. The maximum Gasteiger partial charge on any atom is 0.276 e. The number of pyridine rings is 1. The van der Waals surface area contributed by atoms with Crippen molar-refractivity contribution in [3.8, 4) is 0 Å². The summed E-state index contributed by atoms with van der Waals surface area (Å²) in [6, 6.07) is 11.1. The van der Waals surface area contributed by atoms with Crippen molar-refractivity contribution in [2.75, 3.05) is 6.54 Å². The van der Waals surface area contributed by atoms with Gasteiger partial charge in [0.2, 0.25) is 0 Å². The Morgan fingerprint density at radius 3 is 3.04 bits per heavy atom. The molecule has 1 aliphatic rings. The molecule has 1 amide bonds. The molecule has 0 spiro atoms. The van der Waals surface area contributed by atoms with Crippen molar-refractivity contribution in [3.05, 3.63) is 76.0 Å². The van der Waals surface area contributed by atoms with Gasteiger partial charge in [0.25, 0.3) is 11.5 Å². The standard InChI is InChI=1S/C19H15N5O2/c25-18(13-3-4-15-12(10-13)2-1-7-20-15)23-9-6-14-16(11-23)22-17-5-8-21-24(17)19(14)26/h1-5,7-8,10,21H,6,9,11H2. The van der Waals surface area contributed by atoms with Crippen molar-refractivity contribution in [2.45, 2.75) is 13.0 Å². The number of nitrogens with one attached hydrogen (secondary N) is 1. The van der Waals surface area contributed by atoms with Crippen molar-refractivity contribution in [1.29, 1.82) is 0 Å². The maximum atomic E-state index is 12.9. The summed E-state index contributed by atoms with van der Waals surface area (Å²) in [7, 11) is 0. The van der Waals surface area contributed by atoms with E-state index in [1.165, 1.54) is 4.52 Å². The van der Waals surface area contributed by atoms with Crippen molar-refractivity contribution in [1.82, 2.24) is 24.5 Å². The normalized spacial score (nSPS) is 13.9. The highest BCUT2D eigenvalue weighted by Gasteiger charge is 2.25. The Kier molecular flexibility index (Phi) is 3.15. The first-order chi connectivity index (χ1) is 12.7. The summed E-state index contributed by atoms with van der Waals surface area (Å²) in [6.07, 6.45) is 3.92. The number of fused-ring (bicyclic) bond motifs is 3. The molecule has 0 radical (unpaired) electrons. The zero-order chi connectivity index (χ0) is 17.7. The fourth-order valence-electron chi connectivity index (χ4n) is 3.49. The molecule has 0 aliphatic carbocycles. The van der Waals surface area contributed by atoms with Gasteiger partial charge in [0, 0.05) is 41.5 Å². The van der Waals surface area contributed by atoms with Crippen molar-refractivity contribution < 1.29 is 4.79 Å². The summed E-state index contributed by atoms with van der Waals surface area (Å²) >= 11 is 0. The summed E-state index contributed by atoms with van der Waals surface area (Å²) in [4.78, 5) is 36.0. The Hall–Kier alpha value is -3.48. The molecule has 1 aliphatic heterocycles. The van der Waals surface area contributed by atoms with Crippen LogP contribution in [0.4, 0.5) is 0 Å². The maximum absolute atomic E-state index is 12.9. The van der Waals surface area contributed by atoms with Gasteiger partial charge >= 0.3 is 0 Å². The predicted octanol–water partition coefficient (Wildman–Crippen LogP) is 1.77. The molecule has 4 aromatic rings. The largest absolute Gasteiger partial charge is 0.332 e. The lowest BCUT2D eigenvalue weighted by Gasteiger charge is -2.27. The molecular formula is C19H15N5O2. The van der Waals surface area contributed by atoms with Crippen molar-refractivity contribution in [3.63, 3.8) is 0 Å². The number of H-pyrrole nitrogens is 1. The lowest BCUT2D eigenvalue weighted by Crippen LogP contribution is -2.39. The Bertz CT molecular complexity index is 1220. The molecule has 128 valence electrons. The Labute approximate surface area is 147 Å². The molecular weight excluding hydrogens is 330 g/mol. The minimum Gasteiger partial charge on any atom is -0.332 e. The monoisotopic (exact) mass is 345 g/mol. The van der Waals surface area contributed by atoms with Crippen LogP contribution in [-0.2, 0) is 13.0 Å². The molecule has 7 nitrogen and oxygen atoms in total. The Morgan fingerprint density at radius 2 is 2.12 bits per heavy atom. The number of aromatic amines is 1. The number of amides is 1. The van der Waals surface area contributed by atoms with E-state index in [-0.39, 0.29) is 11.5 Å². The second kappa shape index (κ2) is 5.52. The van der Waals surface area contributed by atoms with E-state index < -0.39 is 0 Å². The van der Waals surface area contributed by atoms with E-state index in [0.29, 0.717) is 42.0 Å². The molecule has 0 saturated heterocycles. The number of carbonyl (C=O) groups is 1. The van der Waals surface area contributed by atoms with Gasteiger partial charge in [-0.15, -0.1) is 0 Å². The van der Waals surface area contributed by atoms with Crippen LogP contribution in [0.3, 0.4) is 0 Å². The fourth-order valence-corrected chi connectivity index (χ4v) is 3.49. The van der Waals surface area contributed by atoms with Crippen LogP contribution in [0.25, 0.3) is 16.6 Å². The first-order valence-electron chi connectivity index (χ1n) is 8.43. The topological polar surface area (TPSA) is 83.4 Å². The lowest BCUT2D eigenvalue weighted by molar-refractivity contribution is 0.0731. The molecule has 0 unspecified atom stereocenters. The fraction of sp³-hybridized carbons (Fsp3) is 0.158. The van der Waals surface area contributed by atoms with Gasteiger partial charge in [-0.3, -0.25) is 19.7 Å². The summed E-state index contributed by atoms with van der Waals surface area (Å²) in [5.41, 5.74) is 3.32. The van der Waals surface area contributed by atoms with Gasteiger partial charge in [0.05, 0.1) is 17.8 Å². The predicted molar refractivity (Wildman–Crippen MR) is 96.0 cm³/mol. The minimum absolute atomic E-state index is 0.0579. The molecule has 1 aromatic carbocycles. The summed E-state index contributed by atoms with van der Waals surface area (Å²) in [5.74, 6) is -0.0579. The third kappa shape index (κ3) is 2.21. The van der Waals surface area contributed by atoms with E-state index in [0.717, 1.165) is 10.9 Å². The van der Waals surface area contributed by atoms with Gasteiger partial charge in [-0.25, -0.2) is 9.50 Å². The number of hydrogen-bond donors (Lipinski definition) is 1. The molecule has 0 atom stereocenters. The molecule has 7 heteroatoms. The number of carbonyl (C=O) groups excluding carboxylic acids is 1. The second-order valence-electron chi connectivity index (χ2n) is 6.39. The zero-order valence-electron chi connectivity index (χ0n) is 13.8. The third-order valence-corrected chi connectivity index (χ3v) is 4.83. The van der Waals surface area contributed by atoms with Crippen LogP contribution >= 0.6 is 0 Å². The summed E-state index contributed by atoms with van der Waals surface area (Å²) in [5, 5.41) is 3.80. The number of rotatable bonds is 1.